The number of carbonyl (C=O) groups is 1. The molecule has 1 aromatic rings. The molecule has 0 saturated carbocycles. The van der Waals surface area contributed by atoms with Crippen LogP contribution in [0.4, 0.5) is 8.78 Å². The van der Waals surface area contributed by atoms with Gasteiger partial charge in [0, 0.05) is 15.8 Å². The van der Waals surface area contributed by atoms with Crippen LogP contribution in [0.25, 0.3) is 0 Å². The molecule has 18 heavy (non-hydrogen) atoms. The van der Waals surface area contributed by atoms with E-state index in [1.165, 1.54) is 0 Å². The van der Waals surface area contributed by atoms with Crippen LogP contribution in [-0.4, -0.2) is 11.1 Å². The van der Waals surface area contributed by atoms with Gasteiger partial charge < -0.3 is 5.11 Å². The Morgan fingerprint density at radius 1 is 1.50 bits per heavy atom. The van der Waals surface area contributed by atoms with Gasteiger partial charge in [-0.1, -0.05) is 13.8 Å². The van der Waals surface area contributed by atoms with Gasteiger partial charge in [-0.2, -0.15) is 0 Å². The predicted molar refractivity (Wildman–Crippen MR) is 71.3 cm³/mol. The van der Waals surface area contributed by atoms with Crippen LogP contribution in [0.3, 0.4) is 0 Å². The fourth-order valence-electron chi connectivity index (χ4n) is 1.89. The zero-order chi connectivity index (χ0) is 14.1. The number of carboxylic acids is 1. The normalized spacial score (nSPS) is 12.8. The highest BCUT2D eigenvalue weighted by Gasteiger charge is 2.41. The highest BCUT2D eigenvalue weighted by atomic mass is 79.9. The second-order valence-electron chi connectivity index (χ2n) is 5.15. The summed E-state index contributed by atoms with van der Waals surface area (Å²) in [6.07, 6.45) is -0.755. The maximum absolute atomic E-state index is 14.2. The van der Waals surface area contributed by atoms with Crippen molar-refractivity contribution in [3.8, 4) is 0 Å². The summed E-state index contributed by atoms with van der Waals surface area (Å²) in [5.74, 6) is -4.08. The smallest absolute Gasteiger partial charge is 0.303 e. The summed E-state index contributed by atoms with van der Waals surface area (Å²) in [4.78, 5) is 11.4. The Hall–Kier alpha value is -0.490. The van der Waals surface area contributed by atoms with Crippen LogP contribution in [0.15, 0.2) is 10.5 Å². The lowest BCUT2D eigenvalue weighted by atomic mass is 9.82. The van der Waals surface area contributed by atoms with Crippen molar-refractivity contribution in [1.29, 1.82) is 0 Å². The molecule has 0 aromatic carbocycles. The summed E-state index contributed by atoms with van der Waals surface area (Å²) in [6, 6.07) is 1.65. The van der Waals surface area contributed by atoms with Crippen LogP contribution in [0.1, 0.15) is 36.4 Å². The van der Waals surface area contributed by atoms with E-state index in [4.69, 9.17) is 5.11 Å². The average molecular weight is 341 g/mol. The maximum atomic E-state index is 14.2. The molecule has 1 rings (SSSR count). The molecule has 1 heterocycles. The lowest BCUT2D eigenvalue weighted by Crippen LogP contribution is -2.26. The minimum Gasteiger partial charge on any atom is -0.481 e. The van der Waals surface area contributed by atoms with Crippen LogP contribution in [0.2, 0.25) is 0 Å². The predicted octanol–water partition coefficient (Wildman–Crippen LogP) is 4.80. The number of rotatable bonds is 5. The first-order valence-electron chi connectivity index (χ1n) is 5.39. The first-order chi connectivity index (χ1) is 8.03. The van der Waals surface area contributed by atoms with Crippen LogP contribution in [0.5, 0.6) is 0 Å². The molecule has 0 aliphatic carbocycles. The summed E-state index contributed by atoms with van der Waals surface area (Å²) in [6.45, 7) is 4.85. The van der Waals surface area contributed by atoms with Crippen LogP contribution in [-0.2, 0) is 10.7 Å². The highest BCUT2D eigenvalue weighted by molar-refractivity contribution is 9.10. The second-order valence-corrected chi connectivity index (χ2v) is 7.26. The number of halogens is 3. The molecule has 0 atom stereocenters. The molecule has 0 aliphatic heterocycles. The van der Waals surface area contributed by atoms with Crippen LogP contribution in [0, 0.1) is 12.3 Å². The van der Waals surface area contributed by atoms with Gasteiger partial charge >= 0.3 is 5.97 Å². The standard InChI is InChI=1S/C12H15BrF2O2S/c1-7-4-8(13)10(18-7)12(14,15)6-11(2,3)5-9(16)17/h4H,5-6H2,1-3H3,(H,16,17). The monoisotopic (exact) mass is 340 g/mol. The quantitative estimate of drug-likeness (QED) is 0.835. The number of aliphatic carboxylic acids is 1. The first-order valence-corrected chi connectivity index (χ1v) is 7.00. The maximum Gasteiger partial charge on any atom is 0.303 e. The molecule has 0 saturated heterocycles. The van der Waals surface area contributed by atoms with Gasteiger partial charge in [0.25, 0.3) is 5.92 Å². The van der Waals surface area contributed by atoms with Gasteiger partial charge in [0.15, 0.2) is 0 Å². The van der Waals surface area contributed by atoms with Gasteiger partial charge in [-0.25, -0.2) is 8.78 Å². The van der Waals surface area contributed by atoms with Gasteiger partial charge in [0.1, 0.15) is 0 Å². The van der Waals surface area contributed by atoms with E-state index in [0.29, 0.717) is 4.47 Å². The molecule has 0 unspecified atom stereocenters. The summed E-state index contributed by atoms with van der Waals surface area (Å²) < 4.78 is 28.7. The Morgan fingerprint density at radius 3 is 2.44 bits per heavy atom. The molecule has 1 N–H and O–H groups in total. The van der Waals surface area contributed by atoms with Crippen molar-refractivity contribution in [3.63, 3.8) is 0 Å². The molecule has 0 radical (unpaired) electrons. The number of alkyl halides is 2. The molecule has 6 heteroatoms. The van der Waals surface area contributed by atoms with E-state index in [-0.39, 0.29) is 11.3 Å². The molecule has 0 aliphatic rings. The SMILES string of the molecule is Cc1cc(Br)c(C(F)(F)CC(C)(C)CC(=O)O)s1. The molecule has 0 bridgehead atoms. The van der Waals surface area contributed by atoms with Crippen molar-refractivity contribution in [2.24, 2.45) is 5.41 Å². The van der Waals surface area contributed by atoms with Crippen molar-refractivity contribution >= 4 is 33.2 Å². The van der Waals surface area contributed by atoms with Gasteiger partial charge in [-0.15, -0.1) is 11.3 Å². The minimum atomic E-state index is -3.02. The molecule has 0 fully saturated rings. The Labute approximate surface area is 117 Å². The summed E-state index contributed by atoms with van der Waals surface area (Å²) in [5.41, 5.74) is -0.952. The van der Waals surface area contributed by atoms with Crippen molar-refractivity contribution in [2.45, 2.75) is 39.5 Å². The first kappa shape index (κ1) is 15.6. The van der Waals surface area contributed by atoms with Crippen molar-refractivity contribution < 1.29 is 18.7 Å². The zero-order valence-electron chi connectivity index (χ0n) is 10.4. The molecule has 102 valence electrons. The molecule has 0 spiro atoms. The van der Waals surface area contributed by atoms with Gasteiger partial charge in [0.2, 0.25) is 0 Å². The Kier molecular flexibility index (Phi) is 4.54. The van der Waals surface area contributed by atoms with Gasteiger partial charge in [0.05, 0.1) is 11.3 Å². The third-order valence-corrected chi connectivity index (χ3v) is 4.52. The number of aryl methyl sites for hydroxylation is 1. The van der Waals surface area contributed by atoms with Crippen molar-refractivity contribution in [3.05, 3.63) is 20.3 Å². The van der Waals surface area contributed by atoms with E-state index in [9.17, 15) is 13.6 Å². The second kappa shape index (κ2) is 5.25. The van der Waals surface area contributed by atoms with Gasteiger partial charge in [-0.05, 0) is 34.3 Å². The Bertz CT molecular complexity index is 455. The lowest BCUT2D eigenvalue weighted by Gasteiger charge is -2.27. The van der Waals surface area contributed by atoms with E-state index in [0.717, 1.165) is 16.2 Å². The van der Waals surface area contributed by atoms with E-state index in [1.54, 1.807) is 26.8 Å². The van der Waals surface area contributed by atoms with E-state index in [2.05, 4.69) is 15.9 Å². The van der Waals surface area contributed by atoms with E-state index >= 15 is 0 Å². The Balaban J connectivity index is 2.94. The molecule has 2 nitrogen and oxygen atoms in total. The number of carboxylic acid groups (broad SMARTS) is 1. The molecule has 0 amide bonds. The van der Waals surface area contributed by atoms with Crippen LogP contribution >= 0.6 is 27.3 Å². The lowest BCUT2D eigenvalue weighted by molar-refractivity contribution is -0.140. The highest BCUT2D eigenvalue weighted by Crippen LogP contribution is 2.46. The zero-order valence-corrected chi connectivity index (χ0v) is 12.8. The number of thiophene rings is 1. The molecular weight excluding hydrogens is 326 g/mol. The van der Waals surface area contributed by atoms with E-state index < -0.39 is 23.7 Å². The van der Waals surface area contributed by atoms with Crippen LogP contribution < -0.4 is 0 Å². The third kappa shape index (κ3) is 4.02. The van der Waals surface area contributed by atoms with E-state index in [1.807, 2.05) is 0 Å². The molecular formula is C12H15BrF2O2S. The summed E-state index contributed by atoms with van der Waals surface area (Å²) >= 11 is 4.16. The number of hydrogen-bond donors (Lipinski definition) is 1. The molecule has 1 aromatic heterocycles. The topological polar surface area (TPSA) is 37.3 Å². The van der Waals surface area contributed by atoms with Crippen molar-refractivity contribution in [1.82, 2.24) is 0 Å². The fraction of sp³-hybridized carbons (Fsp3) is 0.583. The third-order valence-electron chi connectivity index (χ3n) is 2.47. The fourth-order valence-corrected chi connectivity index (χ4v) is 3.79. The average Bonchev–Trinajstić information content (AvgIpc) is 2.40. The minimum absolute atomic E-state index is 0.0292. The number of hydrogen-bond acceptors (Lipinski definition) is 2. The van der Waals surface area contributed by atoms with Crippen molar-refractivity contribution in [2.75, 3.05) is 0 Å². The summed E-state index contributed by atoms with van der Waals surface area (Å²) in [7, 11) is 0. The Morgan fingerprint density at radius 2 is 2.06 bits per heavy atom. The summed E-state index contributed by atoms with van der Waals surface area (Å²) in [5, 5.41) is 8.72. The van der Waals surface area contributed by atoms with Gasteiger partial charge in [-0.3, -0.25) is 4.79 Å². The largest absolute Gasteiger partial charge is 0.481 e.